The van der Waals surface area contributed by atoms with Crippen molar-refractivity contribution in [1.82, 2.24) is 34.8 Å². The number of methoxy groups -OCH3 is 2. The second-order valence-electron chi connectivity index (χ2n) is 10.3. The monoisotopic (exact) mass is 568 g/mol. The van der Waals surface area contributed by atoms with Crippen LogP contribution in [0.3, 0.4) is 0 Å². The van der Waals surface area contributed by atoms with Crippen molar-refractivity contribution < 1.29 is 19.0 Å². The number of carbonyl (C=O) groups is 1. The summed E-state index contributed by atoms with van der Waals surface area (Å²) < 4.78 is 20.3. The Morgan fingerprint density at radius 3 is 2.67 bits per heavy atom. The number of fused-ring (bicyclic) bond motifs is 1. The summed E-state index contributed by atoms with van der Waals surface area (Å²) in [5.74, 6) is 1.75. The van der Waals surface area contributed by atoms with Crippen LogP contribution in [0.5, 0.6) is 5.75 Å². The molecule has 42 heavy (non-hydrogen) atoms. The quantitative estimate of drug-likeness (QED) is 0.286. The molecule has 4 aromatic heterocycles. The zero-order valence-electron chi connectivity index (χ0n) is 23.9. The number of hydrogen-bond donors (Lipinski definition) is 2. The third-order valence-corrected chi connectivity index (χ3v) is 7.41. The lowest BCUT2D eigenvalue weighted by molar-refractivity contribution is -0.0246. The van der Waals surface area contributed by atoms with Gasteiger partial charge in [-0.3, -0.25) is 10.00 Å². The molecule has 0 spiro atoms. The van der Waals surface area contributed by atoms with Gasteiger partial charge in [-0.25, -0.2) is 19.4 Å². The van der Waals surface area contributed by atoms with Crippen LogP contribution in [0.2, 0.25) is 0 Å². The first kappa shape index (κ1) is 27.4. The number of nitrogens with zero attached hydrogens (tertiary/aromatic N) is 6. The number of amides is 2. The minimum atomic E-state index is -0.619. The molecule has 2 N–H and O–H groups in total. The predicted molar refractivity (Wildman–Crippen MR) is 157 cm³/mol. The molecule has 1 aliphatic rings. The van der Waals surface area contributed by atoms with Gasteiger partial charge in [0.2, 0.25) is 0 Å². The first-order valence-electron chi connectivity index (χ1n) is 13.6. The Labute approximate surface area is 242 Å². The van der Waals surface area contributed by atoms with E-state index in [1.54, 1.807) is 42.0 Å². The molecule has 12 heteroatoms. The number of benzene rings is 1. The van der Waals surface area contributed by atoms with Gasteiger partial charge in [-0.1, -0.05) is 12.1 Å². The molecular formula is C30H32N8O4. The number of aromatic nitrogens is 6. The maximum Gasteiger partial charge on any atom is 0.320 e. The van der Waals surface area contributed by atoms with E-state index in [0.717, 1.165) is 39.0 Å². The van der Waals surface area contributed by atoms with Crippen LogP contribution in [-0.4, -0.2) is 63.0 Å². The third-order valence-electron chi connectivity index (χ3n) is 7.41. The molecule has 0 unspecified atom stereocenters. The number of carbonyl (C=O) groups excluding carboxylic acids is 1. The molecule has 0 aliphatic carbocycles. The fraction of sp³-hybridized carbons (Fsp3) is 0.300. The lowest BCUT2D eigenvalue weighted by Crippen LogP contribution is -2.30. The zero-order chi connectivity index (χ0) is 29.3. The van der Waals surface area contributed by atoms with E-state index >= 15 is 0 Å². The second-order valence-corrected chi connectivity index (χ2v) is 10.3. The summed E-state index contributed by atoms with van der Waals surface area (Å²) in [4.78, 5) is 22.3. The van der Waals surface area contributed by atoms with E-state index in [1.165, 1.54) is 0 Å². The Bertz CT molecular complexity index is 1740. The minimum Gasteiger partial charge on any atom is -0.497 e. The van der Waals surface area contributed by atoms with Gasteiger partial charge in [-0.15, -0.1) is 0 Å². The van der Waals surface area contributed by atoms with E-state index in [1.807, 2.05) is 56.6 Å². The summed E-state index contributed by atoms with van der Waals surface area (Å²) in [6, 6.07) is 12.9. The number of ether oxygens (including phenoxy) is 3. The molecular weight excluding hydrogens is 536 g/mol. The molecule has 1 saturated heterocycles. The molecule has 1 fully saturated rings. The molecule has 6 rings (SSSR count). The minimum absolute atomic E-state index is 0.349. The number of urea groups is 1. The van der Waals surface area contributed by atoms with Crippen LogP contribution < -0.4 is 15.4 Å². The highest BCUT2D eigenvalue weighted by Gasteiger charge is 2.39. The zero-order valence-corrected chi connectivity index (χ0v) is 23.9. The molecule has 2 amide bonds. The number of pyridine rings is 2. The van der Waals surface area contributed by atoms with Gasteiger partial charge in [0.05, 0.1) is 31.1 Å². The third kappa shape index (κ3) is 5.29. The van der Waals surface area contributed by atoms with Crippen molar-refractivity contribution in [2.45, 2.75) is 25.5 Å². The van der Waals surface area contributed by atoms with Gasteiger partial charge in [0.1, 0.15) is 22.9 Å². The van der Waals surface area contributed by atoms with Crippen molar-refractivity contribution in [2.75, 3.05) is 32.8 Å². The molecule has 12 nitrogen and oxygen atoms in total. The Kier molecular flexibility index (Phi) is 7.31. The molecule has 5 aromatic rings. The van der Waals surface area contributed by atoms with Gasteiger partial charge in [-0.2, -0.15) is 10.2 Å². The van der Waals surface area contributed by atoms with Crippen molar-refractivity contribution in [3.63, 3.8) is 0 Å². The lowest BCUT2D eigenvalue weighted by Gasteiger charge is -2.26. The van der Waals surface area contributed by atoms with E-state index in [-0.39, 0.29) is 6.03 Å². The van der Waals surface area contributed by atoms with Crippen LogP contribution in [0.15, 0.2) is 61.1 Å². The molecule has 1 atom stereocenters. The van der Waals surface area contributed by atoms with Gasteiger partial charge >= 0.3 is 6.03 Å². The first-order valence-corrected chi connectivity index (χ1v) is 13.6. The summed E-state index contributed by atoms with van der Waals surface area (Å²) >= 11 is 0. The largest absolute Gasteiger partial charge is 0.497 e. The van der Waals surface area contributed by atoms with Crippen molar-refractivity contribution in [3.05, 3.63) is 77.9 Å². The van der Waals surface area contributed by atoms with Crippen LogP contribution >= 0.6 is 0 Å². The number of hydrogen-bond acceptors (Lipinski definition) is 8. The average Bonchev–Trinajstić information content (AvgIpc) is 3.75. The summed E-state index contributed by atoms with van der Waals surface area (Å²) in [5, 5.41) is 15.8. The maximum atomic E-state index is 12.8. The van der Waals surface area contributed by atoms with Gasteiger partial charge < -0.3 is 19.5 Å². The van der Waals surface area contributed by atoms with Crippen LogP contribution in [-0.2, 0) is 28.7 Å². The molecule has 216 valence electrons. The second kappa shape index (κ2) is 11.2. The molecule has 0 saturated carbocycles. The van der Waals surface area contributed by atoms with Crippen LogP contribution in [0.4, 0.5) is 10.6 Å². The smallest absolute Gasteiger partial charge is 0.320 e. The number of rotatable bonds is 8. The average molecular weight is 569 g/mol. The Hall–Kier alpha value is -4.81. The van der Waals surface area contributed by atoms with Crippen LogP contribution in [0, 0.1) is 6.92 Å². The van der Waals surface area contributed by atoms with Gasteiger partial charge in [0, 0.05) is 63.1 Å². The van der Waals surface area contributed by atoms with Gasteiger partial charge in [-0.05, 0) is 42.3 Å². The van der Waals surface area contributed by atoms with Crippen molar-refractivity contribution >= 4 is 22.8 Å². The lowest BCUT2D eigenvalue weighted by atomic mass is 9.97. The topological polar surface area (TPSA) is 130 Å². The van der Waals surface area contributed by atoms with Crippen LogP contribution in [0.25, 0.3) is 28.0 Å². The SMILES string of the molecule is COc1ccc(CNC(=O)Nc2cc3c(cn2)c(-c2cnn(C)c2)nn3-c2cc(C)cc([C@]3(OC)CCOC3)n2)cc1. The Balaban J connectivity index is 1.35. The van der Waals surface area contributed by atoms with Gasteiger partial charge in [0.15, 0.2) is 5.82 Å². The first-order chi connectivity index (χ1) is 20.4. The highest BCUT2D eigenvalue weighted by atomic mass is 16.5. The van der Waals surface area contributed by atoms with Gasteiger partial charge in [0.25, 0.3) is 0 Å². The molecule has 0 bridgehead atoms. The fourth-order valence-corrected chi connectivity index (χ4v) is 5.10. The number of aryl methyl sites for hydroxylation is 2. The Morgan fingerprint density at radius 2 is 1.98 bits per heavy atom. The van der Waals surface area contributed by atoms with E-state index in [0.29, 0.717) is 43.5 Å². The van der Waals surface area contributed by atoms with Crippen molar-refractivity contribution in [3.8, 4) is 22.8 Å². The van der Waals surface area contributed by atoms with E-state index in [2.05, 4.69) is 20.7 Å². The maximum absolute atomic E-state index is 12.8. The Morgan fingerprint density at radius 1 is 1.14 bits per heavy atom. The highest BCUT2D eigenvalue weighted by Crippen LogP contribution is 2.35. The number of anilines is 1. The summed E-state index contributed by atoms with van der Waals surface area (Å²) in [7, 11) is 5.16. The summed E-state index contributed by atoms with van der Waals surface area (Å²) in [5.41, 5.74) is 4.39. The molecule has 0 radical (unpaired) electrons. The van der Waals surface area contributed by atoms with Crippen molar-refractivity contribution in [1.29, 1.82) is 0 Å². The molecule has 5 heterocycles. The molecule has 1 aliphatic heterocycles. The normalized spacial score (nSPS) is 16.6. The standard InChI is InChI=1S/C30H32N8O4/c1-19-11-25(30(41-4)9-10-42-18-30)34-27(12-19)38-24-13-26(31-16-23(24)28(36-38)21-15-33-37(2)17-21)35-29(39)32-14-20-5-7-22(40-3)8-6-20/h5-8,11-13,15-17H,9-10,14,18H2,1-4H3,(H2,31,32,35,39)/t30-/m0/s1. The highest BCUT2D eigenvalue weighted by molar-refractivity contribution is 5.96. The van der Waals surface area contributed by atoms with E-state index in [9.17, 15) is 4.79 Å². The van der Waals surface area contributed by atoms with Crippen molar-refractivity contribution in [2.24, 2.45) is 7.05 Å². The number of nitrogens with one attached hydrogen (secondary N) is 2. The summed E-state index contributed by atoms with van der Waals surface area (Å²) in [6.45, 7) is 3.41. The van der Waals surface area contributed by atoms with E-state index < -0.39 is 5.60 Å². The van der Waals surface area contributed by atoms with Crippen LogP contribution in [0.1, 0.15) is 23.2 Å². The molecule has 1 aromatic carbocycles. The fourth-order valence-electron chi connectivity index (χ4n) is 5.10. The predicted octanol–water partition coefficient (Wildman–Crippen LogP) is 4.12. The summed E-state index contributed by atoms with van der Waals surface area (Å²) in [6.07, 6.45) is 6.08. The van der Waals surface area contributed by atoms with E-state index in [4.69, 9.17) is 24.3 Å².